The Bertz CT molecular complexity index is 1330. The average Bonchev–Trinajstić information content (AvgIpc) is 2.98. The lowest BCUT2D eigenvalue weighted by atomic mass is 9.99. The molecule has 3 aromatic rings. The molecule has 2 aliphatic rings. The third-order valence-corrected chi connectivity index (χ3v) is 7.05. The van der Waals surface area contributed by atoms with Crippen molar-refractivity contribution in [3.05, 3.63) is 59.9 Å². The Kier molecular flexibility index (Phi) is 8.51. The second-order valence-corrected chi connectivity index (χ2v) is 10.3. The molecule has 40 heavy (non-hydrogen) atoms. The summed E-state index contributed by atoms with van der Waals surface area (Å²) in [6.45, 7) is 5.52. The van der Waals surface area contributed by atoms with Crippen molar-refractivity contribution >= 4 is 29.3 Å². The fourth-order valence-electron chi connectivity index (χ4n) is 4.75. The van der Waals surface area contributed by atoms with Crippen LogP contribution in [0.4, 0.5) is 22.1 Å². The third-order valence-electron chi connectivity index (χ3n) is 7.05. The van der Waals surface area contributed by atoms with E-state index in [1.165, 1.54) is 4.90 Å². The maximum atomic E-state index is 12.6. The van der Waals surface area contributed by atoms with Gasteiger partial charge in [0.15, 0.2) is 5.82 Å². The van der Waals surface area contributed by atoms with Gasteiger partial charge in [-0.1, -0.05) is 0 Å². The number of urea groups is 1. The van der Waals surface area contributed by atoms with Gasteiger partial charge in [-0.2, -0.15) is 9.97 Å². The molecule has 5 rings (SSSR count). The molecule has 0 saturated carbocycles. The largest absolute Gasteiger partial charge is 0.381 e. The number of morpholine rings is 1. The van der Waals surface area contributed by atoms with Crippen molar-refractivity contribution in [1.29, 1.82) is 0 Å². The van der Waals surface area contributed by atoms with E-state index in [1.807, 2.05) is 24.3 Å². The van der Waals surface area contributed by atoms with Gasteiger partial charge in [0.25, 0.3) is 5.91 Å². The van der Waals surface area contributed by atoms with E-state index < -0.39 is 0 Å². The van der Waals surface area contributed by atoms with Gasteiger partial charge in [-0.3, -0.25) is 4.79 Å². The van der Waals surface area contributed by atoms with Gasteiger partial charge in [0.05, 0.1) is 19.3 Å². The van der Waals surface area contributed by atoms with Crippen molar-refractivity contribution in [1.82, 2.24) is 19.9 Å². The van der Waals surface area contributed by atoms with Gasteiger partial charge < -0.3 is 29.9 Å². The van der Waals surface area contributed by atoms with Gasteiger partial charge in [-0.15, -0.1) is 0 Å². The summed E-state index contributed by atoms with van der Waals surface area (Å²) >= 11 is 0. The molecule has 0 spiro atoms. The second kappa shape index (κ2) is 12.4. The second-order valence-electron chi connectivity index (χ2n) is 10.3. The highest BCUT2D eigenvalue weighted by Gasteiger charge is 2.26. The molecule has 210 valence electrons. The van der Waals surface area contributed by atoms with Crippen molar-refractivity contribution in [2.24, 2.45) is 0 Å². The number of nitrogens with one attached hydrogen (secondary N) is 2. The van der Waals surface area contributed by atoms with Crippen LogP contribution in [-0.2, 0) is 9.47 Å². The Morgan fingerprint density at radius 1 is 0.875 bits per heavy atom. The number of hydrogen-bond acceptors (Lipinski definition) is 8. The van der Waals surface area contributed by atoms with E-state index >= 15 is 0 Å². The van der Waals surface area contributed by atoms with E-state index in [0.29, 0.717) is 55.1 Å². The molecule has 2 aliphatic heterocycles. The smallest absolute Gasteiger partial charge is 0.323 e. The molecule has 0 bridgehead atoms. The summed E-state index contributed by atoms with van der Waals surface area (Å²) in [4.78, 5) is 42.9. The summed E-state index contributed by atoms with van der Waals surface area (Å²) in [5.74, 6) is 2.20. The Morgan fingerprint density at radius 2 is 1.52 bits per heavy atom. The summed E-state index contributed by atoms with van der Waals surface area (Å²) in [5.41, 5.74) is 2.60. The molecule has 2 saturated heterocycles. The number of ether oxygens (including phenoxy) is 2. The molecule has 11 nitrogen and oxygen atoms in total. The minimum absolute atomic E-state index is 0.0966. The zero-order valence-corrected chi connectivity index (χ0v) is 23.1. The Hall–Kier alpha value is -4.09. The van der Waals surface area contributed by atoms with Crippen LogP contribution in [0.3, 0.4) is 0 Å². The number of benzene rings is 2. The molecular formula is C29H35N7O4. The maximum Gasteiger partial charge on any atom is 0.323 e. The van der Waals surface area contributed by atoms with Crippen molar-refractivity contribution in [3.8, 4) is 11.4 Å². The SMILES string of the molecule is C[C@@H]1COCCN1c1nc(-c2ccc(NC(=O)Nc3ccc(C(=O)N(C)C)cc3)cc2)nc(C2CCOCC2)n1. The predicted molar refractivity (Wildman–Crippen MR) is 153 cm³/mol. The summed E-state index contributed by atoms with van der Waals surface area (Å²) < 4.78 is 11.2. The average molecular weight is 546 g/mol. The lowest BCUT2D eigenvalue weighted by Gasteiger charge is -2.34. The summed E-state index contributed by atoms with van der Waals surface area (Å²) in [6, 6.07) is 14.0. The van der Waals surface area contributed by atoms with E-state index in [1.54, 1.807) is 38.4 Å². The number of anilines is 3. The topological polar surface area (TPSA) is 122 Å². The highest BCUT2D eigenvalue weighted by Crippen LogP contribution is 2.29. The van der Waals surface area contributed by atoms with Crippen LogP contribution in [0.1, 0.15) is 41.9 Å². The number of amides is 3. The van der Waals surface area contributed by atoms with Crippen LogP contribution in [0.5, 0.6) is 0 Å². The van der Waals surface area contributed by atoms with Crippen molar-refractivity contribution in [2.75, 3.05) is 62.6 Å². The highest BCUT2D eigenvalue weighted by atomic mass is 16.5. The molecule has 1 atom stereocenters. The number of aromatic nitrogens is 3. The molecule has 0 radical (unpaired) electrons. The van der Waals surface area contributed by atoms with Crippen molar-refractivity contribution < 1.29 is 19.1 Å². The molecule has 0 unspecified atom stereocenters. The van der Waals surface area contributed by atoms with E-state index in [-0.39, 0.29) is 23.9 Å². The normalized spacial score (nSPS) is 17.8. The summed E-state index contributed by atoms with van der Waals surface area (Å²) in [7, 11) is 3.39. The first kappa shape index (κ1) is 27.5. The lowest BCUT2D eigenvalue weighted by molar-refractivity contribution is 0.0826. The minimum atomic E-state index is -0.384. The zero-order valence-electron chi connectivity index (χ0n) is 23.1. The van der Waals surface area contributed by atoms with Crippen LogP contribution < -0.4 is 15.5 Å². The van der Waals surface area contributed by atoms with Crippen LogP contribution in [0.2, 0.25) is 0 Å². The quantitative estimate of drug-likeness (QED) is 0.477. The van der Waals surface area contributed by atoms with E-state index in [2.05, 4.69) is 22.5 Å². The number of hydrogen-bond donors (Lipinski definition) is 2. The molecule has 3 amide bonds. The molecule has 2 fully saturated rings. The lowest BCUT2D eigenvalue weighted by Crippen LogP contribution is -2.44. The van der Waals surface area contributed by atoms with E-state index in [0.717, 1.165) is 30.8 Å². The van der Waals surface area contributed by atoms with Gasteiger partial charge in [0, 0.05) is 62.3 Å². The Morgan fingerprint density at radius 3 is 2.15 bits per heavy atom. The molecule has 3 heterocycles. The maximum absolute atomic E-state index is 12.6. The predicted octanol–water partition coefficient (Wildman–Crippen LogP) is 4.00. The molecule has 0 aliphatic carbocycles. The van der Waals surface area contributed by atoms with Crippen LogP contribution in [0, 0.1) is 0 Å². The number of carbonyl (C=O) groups excluding carboxylic acids is 2. The standard InChI is InChI=1S/C29H35N7O4/c1-19-18-40-17-14-36(19)28-33-25(32-26(34-28)21-12-15-39-16-13-21)20-4-8-23(9-5-20)30-29(38)31-24-10-6-22(7-11-24)27(37)35(2)3/h4-11,19,21H,12-18H2,1-3H3,(H2,30,31,38)/t19-/m1/s1. The monoisotopic (exact) mass is 545 g/mol. The fraction of sp³-hybridized carbons (Fsp3) is 0.414. The van der Waals surface area contributed by atoms with Crippen LogP contribution >= 0.6 is 0 Å². The highest BCUT2D eigenvalue weighted by molar-refractivity contribution is 6.00. The zero-order chi connectivity index (χ0) is 28.1. The third kappa shape index (κ3) is 6.54. The first-order valence-corrected chi connectivity index (χ1v) is 13.6. The Labute approximate surface area is 233 Å². The molecule has 2 N–H and O–H groups in total. The van der Waals surface area contributed by atoms with Crippen molar-refractivity contribution in [3.63, 3.8) is 0 Å². The summed E-state index contributed by atoms with van der Waals surface area (Å²) in [5, 5.41) is 5.63. The molecule has 1 aromatic heterocycles. The van der Waals surface area contributed by atoms with Crippen LogP contribution in [0.25, 0.3) is 11.4 Å². The molecular weight excluding hydrogens is 510 g/mol. The van der Waals surface area contributed by atoms with Gasteiger partial charge in [0.2, 0.25) is 5.95 Å². The van der Waals surface area contributed by atoms with Gasteiger partial charge >= 0.3 is 6.03 Å². The molecule has 11 heteroatoms. The molecule has 2 aromatic carbocycles. The number of nitrogens with zero attached hydrogens (tertiary/aromatic N) is 5. The van der Waals surface area contributed by atoms with Gasteiger partial charge in [-0.25, -0.2) is 9.78 Å². The van der Waals surface area contributed by atoms with Gasteiger partial charge in [-0.05, 0) is 68.3 Å². The van der Waals surface area contributed by atoms with Gasteiger partial charge in [0.1, 0.15) is 5.82 Å². The van der Waals surface area contributed by atoms with E-state index in [4.69, 9.17) is 24.4 Å². The van der Waals surface area contributed by atoms with Crippen LogP contribution in [-0.4, -0.2) is 84.9 Å². The van der Waals surface area contributed by atoms with Crippen molar-refractivity contribution in [2.45, 2.75) is 31.7 Å². The number of rotatable bonds is 6. The number of carbonyl (C=O) groups is 2. The first-order chi connectivity index (χ1) is 19.4. The fourth-order valence-corrected chi connectivity index (χ4v) is 4.75. The minimum Gasteiger partial charge on any atom is -0.381 e. The first-order valence-electron chi connectivity index (χ1n) is 13.6. The van der Waals surface area contributed by atoms with Crippen LogP contribution in [0.15, 0.2) is 48.5 Å². The summed E-state index contributed by atoms with van der Waals surface area (Å²) in [6.07, 6.45) is 1.77. The Balaban J connectivity index is 1.30. The van der Waals surface area contributed by atoms with E-state index in [9.17, 15) is 9.59 Å².